The van der Waals surface area contributed by atoms with Crippen LogP contribution in [0.2, 0.25) is 0 Å². The van der Waals surface area contributed by atoms with Gasteiger partial charge >= 0.3 is 0 Å². The van der Waals surface area contributed by atoms with Crippen LogP contribution in [0.4, 0.5) is 5.69 Å². The fourth-order valence-electron chi connectivity index (χ4n) is 1.87. The summed E-state index contributed by atoms with van der Waals surface area (Å²) >= 11 is 3.62. The van der Waals surface area contributed by atoms with Crippen molar-refractivity contribution in [3.63, 3.8) is 0 Å². The number of benzene rings is 1. The lowest BCUT2D eigenvalue weighted by Crippen LogP contribution is -2.23. The first-order valence-corrected chi connectivity index (χ1v) is 7.02. The van der Waals surface area contributed by atoms with Gasteiger partial charge in [0.1, 0.15) is 0 Å². The molecule has 0 aliphatic heterocycles. The minimum absolute atomic E-state index is 0.322. The van der Waals surface area contributed by atoms with Crippen molar-refractivity contribution in [2.24, 2.45) is 0 Å². The quantitative estimate of drug-likeness (QED) is 0.874. The lowest BCUT2D eigenvalue weighted by Gasteiger charge is -2.23. The summed E-state index contributed by atoms with van der Waals surface area (Å²) in [5, 5.41) is 11.9. The van der Waals surface area contributed by atoms with E-state index < -0.39 is 0 Å². The van der Waals surface area contributed by atoms with Gasteiger partial charge in [-0.15, -0.1) is 0 Å². The Balaban J connectivity index is 2.91. The summed E-state index contributed by atoms with van der Waals surface area (Å²) in [5.41, 5.74) is 2.41. The van der Waals surface area contributed by atoms with Crippen molar-refractivity contribution < 1.29 is 0 Å². The minimum Gasteiger partial charge on any atom is -0.371 e. The standard InChI is InChI=1S/C14H20BrN3/c1-4-18(9-5-8-16)12-6-7-13(11(2)17-3)14(15)10-12/h6-7,10-11,17H,4-5,9H2,1-3H3. The molecule has 0 saturated carbocycles. The Bertz CT molecular complexity index is 426. The van der Waals surface area contributed by atoms with Crippen molar-refractivity contribution in [3.8, 4) is 6.07 Å². The maximum atomic E-state index is 8.67. The van der Waals surface area contributed by atoms with Crippen molar-refractivity contribution in [1.29, 1.82) is 5.26 Å². The molecule has 0 spiro atoms. The number of halogens is 1. The summed E-state index contributed by atoms with van der Waals surface area (Å²) in [5.74, 6) is 0. The Hall–Kier alpha value is -1.05. The highest BCUT2D eigenvalue weighted by molar-refractivity contribution is 9.10. The molecule has 0 fully saturated rings. The number of nitriles is 1. The monoisotopic (exact) mass is 309 g/mol. The number of hydrogen-bond donors (Lipinski definition) is 1. The number of anilines is 1. The normalized spacial score (nSPS) is 11.9. The summed E-state index contributed by atoms with van der Waals surface area (Å²) in [4.78, 5) is 2.21. The first-order chi connectivity index (χ1) is 8.63. The fraction of sp³-hybridized carbons (Fsp3) is 0.500. The molecular formula is C14H20BrN3. The van der Waals surface area contributed by atoms with Crippen LogP contribution in [-0.4, -0.2) is 20.1 Å². The molecule has 1 unspecified atom stereocenters. The second-order valence-corrected chi connectivity index (χ2v) is 5.06. The molecule has 0 aliphatic rings. The Morgan fingerprint density at radius 3 is 2.72 bits per heavy atom. The van der Waals surface area contributed by atoms with Crippen LogP contribution in [0.15, 0.2) is 22.7 Å². The Kier molecular flexibility index (Phi) is 6.17. The summed E-state index contributed by atoms with van der Waals surface area (Å²) in [6.07, 6.45) is 0.556. The third-order valence-electron chi connectivity index (χ3n) is 3.12. The number of nitrogens with zero attached hydrogens (tertiary/aromatic N) is 2. The minimum atomic E-state index is 0.322. The molecule has 0 aromatic heterocycles. The zero-order chi connectivity index (χ0) is 13.5. The van der Waals surface area contributed by atoms with Crippen molar-refractivity contribution in [2.75, 3.05) is 25.0 Å². The van der Waals surface area contributed by atoms with E-state index >= 15 is 0 Å². The van der Waals surface area contributed by atoms with E-state index in [9.17, 15) is 0 Å². The van der Waals surface area contributed by atoms with E-state index in [-0.39, 0.29) is 0 Å². The number of nitrogens with one attached hydrogen (secondary N) is 1. The van der Waals surface area contributed by atoms with Crippen LogP contribution in [0, 0.1) is 11.3 Å². The van der Waals surface area contributed by atoms with Gasteiger partial charge < -0.3 is 10.2 Å². The van der Waals surface area contributed by atoms with Crippen molar-refractivity contribution >= 4 is 21.6 Å². The molecule has 0 radical (unpaired) electrons. The Morgan fingerprint density at radius 1 is 1.50 bits per heavy atom. The molecule has 4 heteroatoms. The molecule has 0 amide bonds. The maximum Gasteiger partial charge on any atom is 0.0640 e. The topological polar surface area (TPSA) is 39.1 Å². The average molecular weight is 310 g/mol. The van der Waals surface area contributed by atoms with E-state index in [4.69, 9.17) is 5.26 Å². The molecule has 1 aromatic rings. The van der Waals surface area contributed by atoms with Gasteiger partial charge in [0.15, 0.2) is 0 Å². The molecule has 0 aliphatic carbocycles. The van der Waals surface area contributed by atoms with Gasteiger partial charge in [-0.2, -0.15) is 5.26 Å². The molecule has 18 heavy (non-hydrogen) atoms. The van der Waals surface area contributed by atoms with Gasteiger partial charge in [-0.1, -0.05) is 22.0 Å². The second kappa shape index (κ2) is 7.40. The number of hydrogen-bond acceptors (Lipinski definition) is 3. The first kappa shape index (κ1) is 15.0. The molecule has 1 atom stereocenters. The maximum absolute atomic E-state index is 8.67. The summed E-state index contributed by atoms with van der Waals surface area (Å²) in [6, 6.07) is 8.90. The van der Waals surface area contributed by atoms with Gasteiger partial charge in [0, 0.05) is 29.3 Å². The van der Waals surface area contributed by atoms with Crippen LogP contribution in [0.25, 0.3) is 0 Å². The highest BCUT2D eigenvalue weighted by atomic mass is 79.9. The molecule has 0 bridgehead atoms. The predicted octanol–water partition coefficient (Wildman–Crippen LogP) is 3.47. The predicted molar refractivity (Wildman–Crippen MR) is 79.7 cm³/mol. The molecule has 1 aromatic carbocycles. The van der Waals surface area contributed by atoms with E-state index in [0.717, 1.165) is 23.2 Å². The van der Waals surface area contributed by atoms with Gasteiger partial charge in [-0.05, 0) is 38.6 Å². The molecule has 98 valence electrons. The molecule has 1 rings (SSSR count). The van der Waals surface area contributed by atoms with E-state index in [0.29, 0.717) is 12.5 Å². The van der Waals surface area contributed by atoms with Crippen LogP contribution in [0.3, 0.4) is 0 Å². The van der Waals surface area contributed by atoms with Gasteiger partial charge in [0.25, 0.3) is 0 Å². The van der Waals surface area contributed by atoms with E-state index in [1.54, 1.807) is 0 Å². The highest BCUT2D eigenvalue weighted by Gasteiger charge is 2.10. The van der Waals surface area contributed by atoms with Crippen molar-refractivity contribution in [2.45, 2.75) is 26.3 Å². The van der Waals surface area contributed by atoms with Gasteiger partial charge in [0.05, 0.1) is 12.5 Å². The number of rotatable bonds is 6. The van der Waals surface area contributed by atoms with E-state index in [1.807, 2.05) is 7.05 Å². The summed E-state index contributed by atoms with van der Waals surface area (Å²) < 4.78 is 1.11. The van der Waals surface area contributed by atoms with Crippen LogP contribution >= 0.6 is 15.9 Å². The fourth-order valence-corrected chi connectivity index (χ4v) is 2.58. The summed E-state index contributed by atoms with van der Waals surface area (Å²) in [7, 11) is 1.95. The lowest BCUT2D eigenvalue weighted by molar-refractivity contribution is 0.649. The van der Waals surface area contributed by atoms with E-state index in [2.05, 4.69) is 64.3 Å². The molecular weight excluding hydrogens is 290 g/mol. The molecule has 0 heterocycles. The smallest absolute Gasteiger partial charge is 0.0640 e. The lowest BCUT2D eigenvalue weighted by atomic mass is 10.1. The average Bonchev–Trinajstić information content (AvgIpc) is 2.39. The van der Waals surface area contributed by atoms with Crippen molar-refractivity contribution in [3.05, 3.63) is 28.2 Å². The van der Waals surface area contributed by atoms with Crippen LogP contribution in [0.1, 0.15) is 31.9 Å². The van der Waals surface area contributed by atoms with Gasteiger partial charge in [0.2, 0.25) is 0 Å². The van der Waals surface area contributed by atoms with Gasteiger partial charge in [-0.3, -0.25) is 0 Å². The third-order valence-corrected chi connectivity index (χ3v) is 3.81. The van der Waals surface area contributed by atoms with Crippen LogP contribution < -0.4 is 10.2 Å². The zero-order valence-electron chi connectivity index (χ0n) is 11.2. The first-order valence-electron chi connectivity index (χ1n) is 6.22. The highest BCUT2D eigenvalue weighted by Crippen LogP contribution is 2.28. The summed E-state index contributed by atoms with van der Waals surface area (Å²) in [6.45, 7) is 5.93. The van der Waals surface area contributed by atoms with Gasteiger partial charge in [-0.25, -0.2) is 0 Å². The van der Waals surface area contributed by atoms with Crippen LogP contribution in [0.5, 0.6) is 0 Å². The largest absolute Gasteiger partial charge is 0.371 e. The van der Waals surface area contributed by atoms with Crippen molar-refractivity contribution in [1.82, 2.24) is 5.32 Å². The molecule has 0 saturated heterocycles. The molecule has 3 nitrogen and oxygen atoms in total. The van der Waals surface area contributed by atoms with E-state index in [1.165, 1.54) is 5.56 Å². The molecule has 1 N–H and O–H groups in total. The SMILES string of the molecule is CCN(CCC#N)c1ccc(C(C)NC)c(Br)c1. The Morgan fingerprint density at radius 2 is 2.22 bits per heavy atom. The Labute approximate surface area is 118 Å². The zero-order valence-corrected chi connectivity index (χ0v) is 12.8. The third kappa shape index (κ3) is 3.72. The van der Waals surface area contributed by atoms with Crippen LogP contribution in [-0.2, 0) is 0 Å². The second-order valence-electron chi connectivity index (χ2n) is 4.20.